The van der Waals surface area contributed by atoms with E-state index >= 15 is 4.39 Å². The Morgan fingerprint density at radius 2 is 1.89 bits per heavy atom. The summed E-state index contributed by atoms with van der Waals surface area (Å²) >= 11 is 0. The second kappa shape index (κ2) is 9.85. The minimum absolute atomic E-state index is 0.0209. The molecule has 0 atom stereocenters. The van der Waals surface area contributed by atoms with Crippen LogP contribution in [0.25, 0.3) is 33.4 Å². The van der Waals surface area contributed by atoms with Crippen LogP contribution in [0.4, 0.5) is 10.1 Å². The number of rotatable bonds is 6. The van der Waals surface area contributed by atoms with Gasteiger partial charge >= 0.3 is 6.01 Å². The topological polar surface area (TPSA) is 94.8 Å². The zero-order chi connectivity index (χ0) is 27.0. The predicted molar refractivity (Wildman–Crippen MR) is 144 cm³/mol. The van der Waals surface area contributed by atoms with Gasteiger partial charge in [0, 0.05) is 41.1 Å². The van der Waals surface area contributed by atoms with Gasteiger partial charge in [0.1, 0.15) is 12.0 Å². The Balaban J connectivity index is 1.66. The average molecular weight is 509 g/mol. The number of hydrogen-bond acceptors (Lipinski definition) is 6. The average Bonchev–Trinajstić information content (AvgIpc) is 3.18. The molecule has 1 amide bonds. The minimum atomic E-state index is -0.552. The van der Waals surface area contributed by atoms with Crippen molar-refractivity contribution >= 4 is 22.6 Å². The molecule has 0 bridgehead atoms. The van der Waals surface area contributed by atoms with Crippen molar-refractivity contribution in [3.8, 4) is 34.1 Å². The lowest BCUT2D eigenvalue weighted by Gasteiger charge is -2.14. The number of benzene rings is 2. The van der Waals surface area contributed by atoms with Crippen LogP contribution in [0.15, 0.2) is 67.6 Å². The van der Waals surface area contributed by atoms with Crippen LogP contribution < -0.4 is 10.1 Å². The van der Waals surface area contributed by atoms with Gasteiger partial charge in [-0.3, -0.25) is 4.79 Å². The Labute approximate surface area is 218 Å². The van der Waals surface area contributed by atoms with Crippen molar-refractivity contribution in [1.82, 2.24) is 24.5 Å². The SMILES string of the molecule is C=CC(=O)Nc1ccc(-c2c(-c3ccc(Oc4nccc(C)n4)c(F)c3)c3c(C)ncnc3n2C)c(C)c1. The van der Waals surface area contributed by atoms with Gasteiger partial charge in [0.2, 0.25) is 5.91 Å². The first-order valence-electron chi connectivity index (χ1n) is 11.9. The molecular formula is C29H25FN6O2. The van der Waals surface area contributed by atoms with Gasteiger partial charge in [0.25, 0.3) is 0 Å². The van der Waals surface area contributed by atoms with Crippen LogP contribution in [-0.2, 0) is 11.8 Å². The fraction of sp³-hybridized carbons (Fsp3) is 0.138. The second-order valence-electron chi connectivity index (χ2n) is 8.89. The zero-order valence-electron chi connectivity index (χ0n) is 21.4. The third kappa shape index (κ3) is 4.50. The van der Waals surface area contributed by atoms with E-state index < -0.39 is 5.82 Å². The highest BCUT2D eigenvalue weighted by Crippen LogP contribution is 2.43. The normalized spacial score (nSPS) is 11.0. The number of amides is 1. The number of aromatic nitrogens is 5. The van der Waals surface area contributed by atoms with E-state index in [-0.39, 0.29) is 17.7 Å². The molecule has 3 heterocycles. The van der Waals surface area contributed by atoms with Crippen molar-refractivity contribution in [3.63, 3.8) is 0 Å². The Kier molecular flexibility index (Phi) is 6.42. The van der Waals surface area contributed by atoms with E-state index in [1.165, 1.54) is 18.5 Å². The molecule has 0 aliphatic rings. The van der Waals surface area contributed by atoms with Gasteiger partial charge in [0.15, 0.2) is 11.6 Å². The first-order valence-corrected chi connectivity index (χ1v) is 11.9. The van der Waals surface area contributed by atoms with Gasteiger partial charge in [-0.1, -0.05) is 18.7 Å². The molecule has 0 unspecified atom stereocenters. The van der Waals surface area contributed by atoms with E-state index in [1.807, 2.05) is 50.6 Å². The van der Waals surface area contributed by atoms with Crippen LogP contribution >= 0.6 is 0 Å². The number of anilines is 1. The molecule has 5 aromatic rings. The monoisotopic (exact) mass is 508 g/mol. The molecule has 9 heteroatoms. The number of halogens is 1. The molecule has 0 saturated heterocycles. The van der Waals surface area contributed by atoms with Gasteiger partial charge in [0.05, 0.1) is 11.4 Å². The molecule has 0 aliphatic carbocycles. The van der Waals surface area contributed by atoms with Crippen molar-refractivity contribution in [3.05, 3.63) is 90.4 Å². The first-order chi connectivity index (χ1) is 18.3. The summed E-state index contributed by atoms with van der Waals surface area (Å²) in [6.45, 7) is 9.17. The molecule has 190 valence electrons. The van der Waals surface area contributed by atoms with Crippen molar-refractivity contribution in [2.45, 2.75) is 20.8 Å². The third-order valence-corrected chi connectivity index (χ3v) is 6.29. The molecular weight excluding hydrogens is 483 g/mol. The Bertz CT molecular complexity index is 1730. The molecule has 0 aliphatic heterocycles. The van der Waals surface area contributed by atoms with E-state index in [0.717, 1.165) is 39.1 Å². The summed E-state index contributed by atoms with van der Waals surface area (Å²) in [6, 6.07) is 12.2. The standard InChI is InChI=1S/C29H25FN6O2/c1-6-24(37)35-20-8-9-21(16(2)13-20)27-26(25-18(4)32-15-33-28(25)36(27)5)19-7-10-23(22(30)14-19)38-29-31-12-11-17(3)34-29/h6-15H,1H2,2-5H3,(H,35,37). The number of fused-ring (bicyclic) bond motifs is 1. The smallest absolute Gasteiger partial charge is 0.322 e. The van der Waals surface area contributed by atoms with Gasteiger partial charge < -0.3 is 14.6 Å². The molecule has 2 aromatic carbocycles. The molecule has 0 saturated carbocycles. The number of carbonyl (C=O) groups is 1. The molecule has 1 N–H and O–H groups in total. The quantitative estimate of drug-likeness (QED) is 0.280. The van der Waals surface area contributed by atoms with Crippen LogP contribution in [0.3, 0.4) is 0 Å². The van der Waals surface area contributed by atoms with Crippen molar-refractivity contribution in [2.75, 3.05) is 5.32 Å². The molecule has 38 heavy (non-hydrogen) atoms. The lowest BCUT2D eigenvalue weighted by molar-refractivity contribution is -0.111. The van der Waals surface area contributed by atoms with Crippen LogP contribution in [0.5, 0.6) is 11.8 Å². The fourth-order valence-corrected chi connectivity index (χ4v) is 4.51. The Morgan fingerprint density at radius 1 is 1.08 bits per heavy atom. The largest absolute Gasteiger partial charge is 0.421 e. The molecule has 0 radical (unpaired) electrons. The highest BCUT2D eigenvalue weighted by molar-refractivity contribution is 6.05. The van der Waals surface area contributed by atoms with Crippen LogP contribution in [0.2, 0.25) is 0 Å². The third-order valence-electron chi connectivity index (χ3n) is 6.29. The molecule has 8 nitrogen and oxygen atoms in total. The summed E-state index contributed by atoms with van der Waals surface area (Å²) in [5, 5.41) is 3.61. The maximum Gasteiger partial charge on any atom is 0.322 e. The minimum Gasteiger partial charge on any atom is -0.421 e. The van der Waals surface area contributed by atoms with E-state index in [2.05, 4.69) is 31.8 Å². The van der Waals surface area contributed by atoms with Gasteiger partial charge in [-0.05, 0) is 68.3 Å². The summed E-state index contributed by atoms with van der Waals surface area (Å²) in [5.74, 6) is -0.820. The number of aryl methyl sites for hydroxylation is 4. The summed E-state index contributed by atoms with van der Waals surface area (Å²) < 4.78 is 23.0. The lowest BCUT2D eigenvalue weighted by atomic mass is 9.95. The molecule has 5 rings (SSSR count). The van der Waals surface area contributed by atoms with Crippen LogP contribution in [-0.4, -0.2) is 30.4 Å². The van der Waals surface area contributed by atoms with E-state index in [4.69, 9.17) is 4.74 Å². The number of carbonyl (C=O) groups excluding carboxylic acids is 1. The van der Waals surface area contributed by atoms with Gasteiger partial charge in [-0.15, -0.1) is 0 Å². The zero-order valence-corrected chi connectivity index (χ0v) is 21.4. The number of hydrogen-bond donors (Lipinski definition) is 1. The summed E-state index contributed by atoms with van der Waals surface area (Å²) in [5.41, 5.74) is 6.97. The maximum absolute atomic E-state index is 15.4. The highest BCUT2D eigenvalue weighted by Gasteiger charge is 2.23. The number of nitrogens with zero attached hydrogens (tertiary/aromatic N) is 5. The van der Waals surface area contributed by atoms with Gasteiger partial charge in [-0.2, -0.15) is 0 Å². The molecule has 0 spiro atoms. The van der Waals surface area contributed by atoms with Crippen molar-refractivity contribution in [2.24, 2.45) is 7.05 Å². The van der Waals surface area contributed by atoms with E-state index in [1.54, 1.807) is 24.4 Å². The number of ether oxygens (including phenoxy) is 1. The predicted octanol–water partition coefficient (Wildman–Crippen LogP) is 6.07. The summed E-state index contributed by atoms with van der Waals surface area (Å²) in [7, 11) is 1.92. The summed E-state index contributed by atoms with van der Waals surface area (Å²) in [6.07, 6.45) is 4.30. The van der Waals surface area contributed by atoms with Crippen LogP contribution in [0.1, 0.15) is 17.0 Å². The highest BCUT2D eigenvalue weighted by atomic mass is 19.1. The fourth-order valence-electron chi connectivity index (χ4n) is 4.51. The summed E-state index contributed by atoms with van der Waals surface area (Å²) in [4.78, 5) is 29.0. The maximum atomic E-state index is 15.4. The molecule has 0 fully saturated rings. The molecule has 3 aromatic heterocycles. The Morgan fingerprint density at radius 3 is 2.61 bits per heavy atom. The number of nitrogens with one attached hydrogen (secondary N) is 1. The van der Waals surface area contributed by atoms with Gasteiger partial charge in [-0.25, -0.2) is 24.3 Å². The lowest BCUT2D eigenvalue weighted by Crippen LogP contribution is -2.07. The Hall–Kier alpha value is -4.92. The van der Waals surface area contributed by atoms with Crippen molar-refractivity contribution in [1.29, 1.82) is 0 Å². The van der Waals surface area contributed by atoms with E-state index in [9.17, 15) is 4.79 Å². The van der Waals surface area contributed by atoms with E-state index in [0.29, 0.717) is 16.9 Å². The van der Waals surface area contributed by atoms with Crippen LogP contribution in [0, 0.1) is 26.6 Å². The first kappa shape index (κ1) is 24.8. The van der Waals surface area contributed by atoms with Crippen molar-refractivity contribution < 1.29 is 13.9 Å². The second-order valence-corrected chi connectivity index (χ2v) is 8.89.